The average Bonchev–Trinajstić information content (AvgIpc) is 3.18. The van der Waals surface area contributed by atoms with Crippen molar-refractivity contribution in [1.82, 2.24) is 4.90 Å². The summed E-state index contributed by atoms with van der Waals surface area (Å²) in [4.78, 5) is 25.6. The van der Waals surface area contributed by atoms with Crippen molar-refractivity contribution in [2.75, 3.05) is 27.3 Å². The van der Waals surface area contributed by atoms with Crippen molar-refractivity contribution >= 4 is 11.9 Å². The molecule has 1 amide bonds. The number of ether oxygens (including phenoxy) is 2. The van der Waals surface area contributed by atoms with Gasteiger partial charge in [-0.3, -0.25) is 9.59 Å². The maximum Gasteiger partial charge on any atom is 0.321 e. The predicted octanol–water partition coefficient (Wildman–Crippen LogP) is 0.577. The van der Waals surface area contributed by atoms with Crippen molar-refractivity contribution in [2.45, 2.75) is 31.8 Å². The lowest BCUT2D eigenvalue weighted by atomic mass is 10.0. The van der Waals surface area contributed by atoms with Gasteiger partial charge in [0.25, 0.3) is 0 Å². The van der Waals surface area contributed by atoms with Crippen molar-refractivity contribution in [1.29, 1.82) is 0 Å². The highest BCUT2D eigenvalue weighted by atomic mass is 16.5. The number of piperidine rings is 1. The molecule has 1 heterocycles. The molecular weight excluding hydrogens is 222 g/mol. The zero-order chi connectivity index (χ0) is 12.5. The summed E-state index contributed by atoms with van der Waals surface area (Å²) < 4.78 is 9.98. The Labute approximate surface area is 101 Å². The molecule has 1 saturated carbocycles. The van der Waals surface area contributed by atoms with E-state index in [1.165, 1.54) is 7.11 Å². The molecule has 0 unspecified atom stereocenters. The maximum atomic E-state index is 12.3. The number of carbonyl (C=O) groups excluding carboxylic acids is 2. The Hall–Kier alpha value is -1.10. The molecule has 2 rings (SSSR count). The number of hydrogen-bond donors (Lipinski definition) is 0. The van der Waals surface area contributed by atoms with Crippen LogP contribution >= 0.6 is 0 Å². The molecule has 2 aliphatic rings. The fourth-order valence-electron chi connectivity index (χ4n) is 2.42. The average molecular weight is 241 g/mol. The molecule has 0 aromatic rings. The summed E-state index contributed by atoms with van der Waals surface area (Å²) in [6.07, 6.45) is 3.19. The Balaban J connectivity index is 1.95. The lowest BCUT2D eigenvalue weighted by molar-refractivity contribution is -0.157. The Morgan fingerprint density at radius 1 is 1.18 bits per heavy atom. The van der Waals surface area contributed by atoms with E-state index in [-0.39, 0.29) is 18.0 Å². The van der Waals surface area contributed by atoms with E-state index in [0.717, 1.165) is 12.8 Å². The molecule has 0 atom stereocenters. The third-order valence-corrected chi connectivity index (χ3v) is 3.80. The van der Waals surface area contributed by atoms with Crippen LogP contribution in [0.5, 0.6) is 0 Å². The molecule has 5 nitrogen and oxygen atoms in total. The third-order valence-electron chi connectivity index (χ3n) is 3.80. The lowest BCUT2D eigenvalue weighted by Gasteiger charge is -2.33. The number of hydrogen-bond acceptors (Lipinski definition) is 4. The van der Waals surface area contributed by atoms with Gasteiger partial charge < -0.3 is 14.4 Å². The minimum absolute atomic E-state index is 0.0566. The van der Waals surface area contributed by atoms with Gasteiger partial charge in [0.15, 0.2) is 0 Å². The van der Waals surface area contributed by atoms with Crippen molar-refractivity contribution in [3.8, 4) is 0 Å². The van der Waals surface area contributed by atoms with Gasteiger partial charge in [-0.15, -0.1) is 0 Å². The fraction of sp³-hybridized carbons (Fsp3) is 0.833. The molecule has 0 aromatic heterocycles. The highest BCUT2D eigenvalue weighted by molar-refractivity contribution is 6.05. The molecule has 96 valence electrons. The van der Waals surface area contributed by atoms with Gasteiger partial charge in [0.05, 0.1) is 13.2 Å². The largest absolute Gasteiger partial charge is 0.468 e. The quantitative estimate of drug-likeness (QED) is 0.535. The Morgan fingerprint density at radius 3 is 2.18 bits per heavy atom. The summed E-state index contributed by atoms with van der Waals surface area (Å²) >= 11 is 0. The van der Waals surface area contributed by atoms with Gasteiger partial charge in [-0.25, -0.2) is 0 Å². The number of carbonyl (C=O) groups is 2. The molecule has 0 N–H and O–H groups in total. The van der Waals surface area contributed by atoms with Crippen LogP contribution in [0.3, 0.4) is 0 Å². The second kappa shape index (κ2) is 4.64. The number of likely N-dealkylation sites (tertiary alicyclic amines) is 1. The van der Waals surface area contributed by atoms with E-state index in [1.54, 1.807) is 12.0 Å². The Kier molecular flexibility index (Phi) is 3.38. The molecule has 0 aromatic carbocycles. The first kappa shape index (κ1) is 12.4. The number of amides is 1. The lowest BCUT2D eigenvalue weighted by Crippen LogP contribution is -2.46. The normalized spacial score (nSPS) is 23.3. The molecule has 1 saturated heterocycles. The van der Waals surface area contributed by atoms with Crippen LogP contribution in [0, 0.1) is 5.41 Å². The van der Waals surface area contributed by atoms with Crippen LogP contribution in [0.15, 0.2) is 0 Å². The second-order valence-corrected chi connectivity index (χ2v) is 4.80. The Bertz CT molecular complexity index is 316. The highest BCUT2D eigenvalue weighted by Crippen LogP contribution is 2.48. The van der Waals surface area contributed by atoms with Crippen LogP contribution in [0.25, 0.3) is 0 Å². The van der Waals surface area contributed by atoms with Crippen molar-refractivity contribution in [3.05, 3.63) is 0 Å². The SMILES string of the molecule is COC(=O)C1(C(=O)N2CCC(OC)CC2)CC1. The van der Waals surface area contributed by atoms with Gasteiger partial charge in [-0.1, -0.05) is 0 Å². The number of rotatable bonds is 3. The first-order valence-corrected chi connectivity index (χ1v) is 6.04. The summed E-state index contributed by atoms with van der Waals surface area (Å²) in [6.45, 7) is 1.35. The molecule has 1 aliphatic carbocycles. The van der Waals surface area contributed by atoms with E-state index in [9.17, 15) is 9.59 Å². The van der Waals surface area contributed by atoms with E-state index >= 15 is 0 Å². The van der Waals surface area contributed by atoms with Crippen LogP contribution in [0.4, 0.5) is 0 Å². The van der Waals surface area contributed by atoms with E-state index in [1.807, 2.05) is 0 Å². The summed E-state index contributed by atoms with van der Waals surface area (Å²) in [5.41, 5.74) is -0.853. The van der Waals surface area contributed by atoms with Gasteiger partial charge in [0, 0.05) is 20.2 Å². The first-order valence-electron chi connectivity index (χ1n) is 6.04. The smallest absolute Gasteiger partial charge is 0.321 e. The third kappa shape index (κ3) is 2.16. The summed E-state index contributed by atoms with van der Waals surface area (Å²) in [7, 11) is 3.03. The van der Waals surface area contributed by atoms with Crippen LogP contribution in [0.2, 0.25) is 0 Å². The molecule has 2 fully saturated rings. The molecule has 1 aliphatic heterocycles. The molecule has 5 heteroatoms. The van der Waals surface area contributed by atoms with Crippen LogP contribution < -0.4 is 0 Å². The standard InChI is InChI=1S/C12H19NO4/c1-16-9-3-7-13(8-4-9)10(14)12(5-6-12)11(15)17-2/h9H,3-8H2,1-2H3. The van der Waals surface area contributed by atoms with Crippen LogP contribution in [0.1, 0.15) is 25.7 Å². The molecule has 0 spiro atoms. The van der Waals surface area contributed by atoms with E-state index in [0.29, 0.717) is 25.9 Å². The summed E-state index contributed by atoms with van der Waals surface area (Å²) in [5, 5.41) is 0. The van der Waals surface area contributed by atoms with E-state index in [4.69, 9.17) is 9.47 Å². The van der Waals surface area contributed by atoms with Crippen molar-refractivity contribution < 1.29 is 19.1 Å². The molecule has 0 radical (unpaired) electrons. The topological polar surface area (TPSA) is 55.8 Å². The van der Waals surface area contributed by atoms with Crippen molar-refractivity contribution in [3.63, 3.8) is 0 Å². The summed E-state index contributed by atoms with van der Waals surface area (Å²) in [6, 6.07) is 0. The van der Waals surface area contributed by atoms with E-state index < -0.39 is 5.41 Å². The van der Waals surface area contributed by atoms with Gasteiger partial charge >= 0.3 is 5.97 Å². The van der Waals surface area contributed by atoms with Crippen molar-refractivity contribution in [2.24, 2.45) is 5.41 Å². The zero-order valence-electron chi connectivity index (χ0n) is 10.4. The molecule has 0 bridgehead atoms. The summed E-state index contributed by atoms with van der Waals surface area (Å²) in [5.74, 6) is -0.435. The van der Waals surface area contributed by atoms with Gasteiger partial charge in [-0.2, -0.15) is 0 Å². The first-order chi connectivity index (χ1) is 8.14. The minimum Gasteiger partial charge on any atom is -0.468 e. The fourth-order valence-corrected chi connectivity index (χ4v) is 2.42. The van der Waals surface area contributed by atoms with Crippen LogP contribution in [-0.2, 0) is 19.1 Å². The van der Waals surface area contributed by atoms with Gasteiger partial charge in [-0.05, 0) is 25.7 Å². The predicted molar refractivity (Wildman–Crippen MR) is 60.3 cm³/mol. The number of esters is 1. The molecular formula is C12H19NO4. The van der Waals surface area contributed by atoms with Gasteiger partial charge in [0.2, 0.25) is 5.91 Å². The van der Waals surface area contributed by atoms with Crippen LogP contribution in [-0.4, -0.2) is 50.2 Å². The molecule has 17 heavy (non-hydrogen) atoms. The second-order valence-electron chi connectivity index (χ2n) is 4.80. The number of nitrogens with zero attached hydrogens (tertiary/aromatic N) is 1. The maximum absolute atomic E-state index is 12.3. The number of methoxy groups -OCH3 is 2. The van der Waals surface area contributed by atoms with Gasteiger partial charge in [0.1, 0.15) is 5.41 Å². The zero-order valence-corrected chi connectivity index (χ0v) is 10.4. The minimum atomic E-state index is -0.853. The Morgan fingerprint density at radius 2 is 1.76 bits per heavy atom. The van der Waals surface area contributed by atoms with E-state index in [2.05, 4.69) is 0 Å². The monoisotopic (exact) mass is 241 g/mol. The highest BCUT2D eigenvalue weighted by Gasteiger charge is 2.59.